The molecule has 7 heteroatoms. The SMILES string of the molecule is COc1ccccc1C1C(=C([O-])c2ccncc2)C(=O)C(=O)N1CCC[NH+](C)C. The van der Waals surface area contributed by atoms with E-state index in [0.717, 1.165) is 6.54 Å². The molecule has 1 aromatic heterocycles. The molecule has 0 aliphatic carbocycles. The van der Waals surface area contributed by atoms with Crippen molar-refractivity contribution in [1.29, 1.82) is 0 Å². The fraction of sp³-hybridized carbons (Fsp3) is 0.318. The maximum atomic E-state index is 13.2. The Hall–Kier alpha value is -3.19. The minimum atomic E-state index is -0.774. The van der Waals surface area contributed by atoms with Crippen molar-refractivity contribution in [3.05, 3.63) is 65.5 Å². The summed E-state index contributed by atoms with van der Waals surface area (Å²) in [6, 6.07) is 9.49. The summed E-state index contributed by atoms with van der Waals surface area (Å²) >= 11 is 0. The number of rotatable bonds is 7. The number of ketones is 1. The van der Waals surface area contributed by atoms with Gasteiger partial charge in [-0.05, 0) is 23.8 Å². The van der Waals surface area contributed by atoms with Crippen molar-refractivity contribution in [3.63, 3.8) is 0 Å². The number of carbonyl (C=O) groups is 2. The van der Waals surface area contributed by atoms with E-state index in [9.17, 15) is 14.7 Å². The largest absolute Gasteiger partial charge is 0.872 e. The summed E-state index contributed by atoms with van der Waals surface area (Å²) in [6.45, 7) is 1.22. The molecule has 1 unspecified atom stereocenters. The fourth-order valence-corrected chi connectivity index (χ4v) is 3.58. The van der Waals surface area contributed by atoms with E-state index in [-0.39, 0.29) is 5.57 Å². The Labute approximate surface area is 170 Å². The van der Waals surface area contributed by atoms with Crippen LogP contribution in [0.4, 0.5) is 0 Å². The zero-order chi connectivity index (χ0) is 21.0. The molecule has 0 radical (unpaired) electrons. The highest BCUT2D eigenvalue weighted by atomic mass is 16.5. The highest BCUT2D eigenvalue weighted by Crippen LogP contribution is 2.41. The smallest absolute Gasteiger partial charge is 0.295 e. The van der Waals surface area contributed by atoms with E-state index >= 15 is 0 Å². The van der Waals surface area contributed by atoms with Gasteiger partial charge in [-0.3, -0.25) is 14.6 Å². The summed E-state index contributed by atoms with van der Waals surface area (Å²) in [6.07, 6.45) is 3.69. The molecule has 1 amide bonds. The Morgan fingerprint density at radius 3 is 2.52 bits per heavy atom. The van der Waals surface area contributed by atoms with Crippen LogP contribution in [-0.4, -0.2) is 55.9 Å². The third kappa shape index (κ3) is 4.14. The summed E-state index contributed by atoms with van der Waals surface area (Å²) in [4.78, 5) is 32.4. The molecule has 1 saturated heterocycles. The van der Waals surface area contributed by atoms with Gasteiger partial charge in [-0.1, -0.05) is 24.0 Å². The first kappa shape index (κ1) is 20.5. The zero-order valence-electron chi connectivity index (χ0n) is 16.8. The number of benzene rings is 1. The Bertz CT molecular complexity index is 925. The van der Waals surface area contributed by atoms with Gasteiger partial charge in [0.25, 0.3) is 5.91 Å². The fourth-order valence-electron chi connectivity index (χ4n) is 3.58. The van der Waals surface area contributed by atoms with Gasteiger partial charge in [-0.25, -0.2) is 0 Å². The van der Waals surface area contributed by atoms with Crippen LogP contribution in [-0.2, 0) is 9.59 Å². The Balaban J connectivity index is 2.13. The lowest BCUT2D eigenvalue weighted by molar-refractivity contribution is -0.858. The van der Waals surface area contributed by atoms with E-state index in [1.165, 1.54) is 29.3 Å². The number of pyridine rings is 1. The van der Waals surface area contributed by atoms with E-state index in [1.54, 1.807) is 24.3 Å². The molecule has 152 valence electrons. The molecule has 7 nitrogen and oxygen atoms in total. The molecule has 0 saturated carbocycles. The Morgan fingerprint density at radius 2 is 1.86 bits per heavy atom. The number of hydrogen-bond acceptors (Lipinski definition) is 5. The van der Waals surface area contributed by atoms with Gasteiger partial charge < -0.3 is 19.6 Å². The number of likely N-dealkylation sites (tertiary alicyclic amines) is 1. The molecular formula is C22H25N3O4. The minimum Gasteiger partial charge on any atom is -0.872 e. The van der Waals surface area contributed by atoms with Crippen molar-refractivity contribution in [2.45, 2.75) is 12.5 Å². The number of aromatic nitrogens is 1. The van der Waals surface area contributed by atoms with Crippen LogP contribution in [0.25, 0.3) is 5.76 Å². The molecule has 1 fully saturated rings. The molecule has 1 aliphatic heterocycles. The van der Waals surface area contributed by atoms with Crippen molar-refractivity contribution in [2.75, 3.05) is 34.3 Å². The van der Waals surface area contributed by atoms with Gasteiger partial charge in [-0.15, -0.1) is 0 Å². The molecule has 3 rings (SSSR count). The molecule has 1 aromatic carbocycles. The van der Waals surface area contributed by atoms with E-state index in [0.29, 0.717) is 29.8 Å². The summed E-state index contributed by atoms with van der Waals surface area (Å²) in [5.41, 5.74) is 0.919. The monoisotopic (exact) mass is 395 g/mol. The number of hydrogen-bond donors (Lipinski definition) is 1. The number of carbonyl (C=O) groups excluding carboxylic acids is 2. The normalized spacial score (nSPS) is 18.5. The molecule has 1 atom stereocenters. The zero-order valence-corrected chi connectivity index (χ0v) is 16.8. The predicted molar refractivity (Wildman–Crippen MR) is 106 cm³/mol. The number of quaternary nitrogens is 1. The van der Waals surface area contributed by atoms with Crippen molar-refractivity contribution < 1.29 is 24.3 Å². The van der Waals surface area contributed by atoms with Gasteiger partial charge in [0.05, 0.1) is 33.8 Å². The van der Waals surface area contributed by atoms with Gasteiger partial charge in [0.15, 0.2) is 0 Å². The van der Waals surface area contributed by atoms with Crippen LogP contribution >= 0.6 is 0 Å². The molecule has 0 bridgehead atoms. The first-order valence-corrected chi connectivity index (χ1v) is 9.54. The van der Waals surface area contributed by atoms with Gasteiger partial charge in [-0.2, -0.15) is 0 Å². The van der Waals surface area contributed by atoms with E-state index in [1.807, 2.05) is 26.2 Å². The lowest BCUT2D eigenvalue weighted by Gasteiger charge is -2.28. The average Bonchev–Trinajstić information content (AvgIpc) is 2.98. The summed E-state index contributed by atoms with van der Waals surface area (Å²) in [5.74, 6) is -1.32. The molecule has 0 spiro atoms. The number of methoxy groups -OCH3 is 1. The lowest BCUT2D eigenvalue weighted by Crippen LogP contribution is -3.05. The summed E-state index contributed by atoms with van der Waals surface area (Å²) in [7, 11) is 5.58. The molecular weight excluding hydrogens is 370 g/mol. The predicted octanol–water partition coefficient (Wildman–Crippen LogP) is -0.151. The van der Waals surface area contributed by atoms with Crippen LogP contribution in [0.3, 0.4) is 0 Å². The second-order valence-electron chi connectivity index (χ2n) is 7.26. The number of nitrogens with zero attached hydrogens (tertiary/aromatic N) is 2. The van der Waals surface area contributed by atoms with Crippen LogP contribution in [0.15, 0.2) is 54.4 Å². The summed E-state index contributed by atoms with van der Waals surface area (Å²) < 4.78 is 5.47. The standard InChI is InChI=1S/C22H25N3O4/c1-24(2)13-6-14-25-19(16-7-4-5-8-17(16)29-3)18(21(27)22(25)28)20(26)15-9-11-23-12-10-15/h4-5,7-12,19,26H,6,13-14H2,1-3H3. The number of nitrogens with one attached hydrogen (secondary N) is 1. The second-order valence-corrected chi connectivity index (χ2v) is 7.26. The topological polar surface area (TPSA) is 87.0 Å². The second kappa shape index (κ2) is 8.87. The number of Topliss-reactive ketones (excluding diaryl/α,β-unsaturated/α-hetero) is 1. The quantitative estimate of drug-likeness (QED) is 0.400. The van der Waals surface area contributed by atoms with E-state index in [2.05, 4.69) is 4.98 Å². The number of ether oxygens (including phenoxy) is 1. The number of para-hydroxylation sites is 1. The Kier molecular flexibility index (Phi) is 6.29. The maximum Gasteiger partial charge on any atom is 0.295 e. The van der Waals surface area contributed by atoms with Crippen LogP contribution < -0.4 is 14.7 Å². The van der Waals surface area contributed by atoms with Crippen LogP contribution in [0.5, 0.6) is 5.75 Å². The number of amides is 1. The van der Waals surface area contributed by atoms with Gasteiger partial charge in [0.1, 0.15) is 5.75 Å². The van der Waals surface area contributed by atoms with Crippen molar-refractivity contribution >= 4 is 17.4 Å². The molecule has 2 aromatic rings. The van der Waals surface area contributed by atoms with Crippen LogP contribution in [0, 0.1) is 0 Å². The first-order valence-electron chi connectivity index (χ1n) is 9.54. The Morgan fingerprint density at radius 1 is 1.17 bits per heavy atom. The molecule has 29 heavy (non-hydrogen) atoms. The van der Waals surface area contributed by atoms with Crippen molar-refractivity contribution in [2.24, 2.45) is 0 Å². The van der Waals surface area contributed by atoms with E-state index in [4.69, 9.17) is 4.74 Å². The molecule has 1 N–H and O–H groups in total. The highest BCUT2D eigenvalue weighted by molar-refractivity contribution is 6.46. The maximum absolute atomic E-state index is 13.2. The van der Waals surface area contributed by atoms with Crippen molar-refractivity contribution in [1.82, 2.24) is 9.88 Å². The van der Waals surface area contributed by atoms with Gasteiger partial charge >= 0.3 is 0 Å². The highest BCUT2D eigenvalue weighted by Gasteiger charge is 2.44. The first-order chi connectivity index (χ1) is 14.0. The van der Waals surface area contributed by atoms with E-state index < -0.39 is 23.5 Å². The third-order valence-electron chi connectivity index (χ3n) is 4.98. The lowest BCUT2D eigenvalue weighted by atomic mass is 9.95. The van der Waals surface area contributed by atoms with Gasteiger partial charge in [0, 0.05) is 36.5 Å². The minimum absolute atomic E-state index is 0.0390. The average molecular weight is 395 g/mol. The van der Waals surface area contributed by atoms with Gasteiger partial charge in [0.2, 0.25) is 5.78 Å². The van der Waals surface area contributed by atoms with Crippen molar-refractivity contribution in [3.8, 4) is 5.75 Å². The van der Waals surface area contributed by atoms with Crippen LogP contribution in [0.2, 0.25) is 0 Å². The third-order valence-corrected chi connectivity index (χ3v) is 4.98. The molecule has 1 aliphatic rings. The summed E-state index contributed by atoms with van der Waals surface area (Å²) in [5, 5.41) is 13.2. The van der Waals surface area contributed by atoms with Crippen LogP contribution in [0.1, 0.15) is 23.6 Å². The molecule has 2 heterocycles.